The third-order valence-electron chi connectivity index (χ3n) is 4.38. The van der Waals surface area contributed by atoms with Gasteiger partial charge >= 0.3 is 0 Å². The van der Waals surface area contributed by atoms with Crippen LogP contribution in [0.3, 0.4) is 0 Å². The molecule has 1 aliphatic carbocycles. The second-order valence-electron chi connectivity index (χ2n) is 5.69. The fraction of sp³-hybridized carbons (Fsp3) is 0.412. The monoisotopic (exact) mass is 281 g/mol. The first-order valence-corrected chi connectivity index (χ1v) is 7.41. The summed E-state index contributed by atoms with van der Waals surface area (Å²) in [5.74, 6) is 0.760. The van der Waals surface area contributed by atoms with Crippen molar-refractivity contribution in [2.75, 3.05) is 11.9 Å². The van der Waals surface area contributed by atoms with Crippen LogP contribution in [0.2, 0.25) is 0 Å². The molecule has 1 aliphatic rings. The summed E-state index contributed by atoms with van der Waals surface area (Å²) in [6.45, 7) is 0. The van der Waals surface area contributed by atoms with Crippen LogP contribution in [-0.2, 0) is 0 Å². The van der Waals surface area contributed by atoms with Gasteiger partial charge in [0.15, 0.2) is 0 Å². The maximum absolute atomic E-state index is 10.2. The Bertz CT molecular complexity index is 692. The van der Waals surface area contributed by atoms with Gasteiger partial charge in [-0.3, -0.25) is 0 Å². The average molecular weight is 281 g/mol. The van der Waals surface area contributed by atoms with E-state index in [9.17, 15) is 10.4 Å². The van der Waals surface area contributed by atoms with Crippen molar-refractivity contribution in [3.8, 4) is 6.07 Å². The summed E-state index contributed by atoms with van der Waals surface area (Å²) in [7, 11) is 1.96. The molecule has 1 aromatic carbocycles. The van der Waals surface area contributed by atoms with E-state index in [4.69, 9.17) is 0 Å². The molecule has 0 amide bonds. The lowest BCUT2D eigenvalue weighted by molar-refractivity contribution is 0.106. The quantitative estimate of drug-likeness (QED) is 0.919. The SMILES string of the molecule is CN(c1cc(C#N)c2ccccc2n1)C1CCCCC1O. The summed E-state index contributed by atoms with van der Waals surface area (Å²) in [6.07, 6.45) is 3.70. The molecule has 0 radical (unpaired) electrons. The molecule has 1 heterocycles. The molecule has 3 rings (SSSR count). The maximum atomic E-state index is 10.2. The summed E-state index contributed by atoms with van der Waals surface area (Å²) in [4.78, 5) is 6.68. The molecule has 1 aromatic heterocycles. The highest BCUT2D eigenvalue weighted by Gasteiger charge is 2.27. The van der Waals surface area contributed by atoms with Gasteiger partial charge in [-0.15, -0.1) is 0 Å². The van der Waals surface area contributed by atoms with Crippen LogP contribution in [0.1, 0.15) is 31.2 Å². The van der Waals surface area contributed by atoms with E-state index in [1.54, 1.807) is 0 Å². The Balaban J connectivity index is 2.02. The summed E-state index contributed by atoms with van der Waals surface area (Å²) in [5.41, 5.74) is 1.46. The normalized spacial score (nSPS) is 22.0. The highest BCUT2D eigenvalue weighted by Crippen LogP contribution is 2.28. The van der Waals surface area contributed by atoms with Gasteiger partial charge in [0.05, 0.1) is 29.3 Å². The van der Waals surface area contributed by atoms with Crippen molar-refractivity contribution in [1.82, 2.24) is 4.98 Å². The Labute approximate surface area is 124 Å². The van der Waals surface area contributed by atoms with E-state index in [1.807, 2.05) is 42.3 Å². The third kappa shape index (κ3) is 2.57. The van der Waals surface area contributed by atoms with Crippen LogP contribution in [0.25, 0.3) is 10.9 Å². The van der Waals surface area contributed by atoms with Crippen molar-refractivity contribution in [1.29, 1.82) is 5.26 Å². The topological polar surface area (TPSA) is 60.2 Å². The zero-order valence-electron chi connectivity index (χ0n) is 12.2. The number of fused-ring (bicyclic) bond motifs is 1. The van der Waals surface area contributed by atoms with Crippen LogP contribution < -0.4 is 4.90 Å². The minimum absolute atomic E-state index is 0.0824. The Morgan fingerprint density at radius 2 is 2.05 bits per heavy atom. The molecule has 0 aliphatic heterocycles. The molecule has 4 heteroatoms. The zero-order chi connectivity index (χ0) is 14.8. The number of aromatic nitrogens is 1. The molecule has 0 spiro atoms. The molecule has 1 N–H and O–H groups in total. The Morgan fingerprint density at radius 3 is 2.81 bits per heavy atom. The number of aliphatic hydroxyl groups is 1. The largest absolute Gasteiger partial charge is 0.391 e. The van der Waals surface area contributed by atoms with Crippen LogP contribution in [0.5, 0.6) is 0 Å². The predicted octanol–water partition coefficient (Wildman–Crippen LogP) is 2.85. The van der Waals surface area contributed by atoms with E-state index < -0.39 is 0 Å². The van der Waals surface area contributed by atoms with Crippen molar-refractivity contribution < 1.29 is 5.11 Å². The molecule has 1 fully saturated rings. The molecule has 2 aromatic rings. The van der Waals surface area contributed by atoms with Gasteiger partial charge in [-0.05, 0) is 25.0 Å². The highest BCUT2D eigenvalue weighted by atomic mass is 16.3. The van der Waals surface area contributed by atoms with Gasteiger partial charge in [-0.2, -0.15) is 5.26 Å². The minimum atomic E-state index is -0.317. The molecule has 0 saturated heterocycles. The number of hydrogen-bond acceptors (Lipinski definition) is 4. The van der Waals surface area contributed by atoms with Crippen LogP contribution >= 0.6 is 0 Å². The van der Waals surface area contributed by atoms with Gasteiger partial charge in [0, 0.05) is 12.4 Å². The molecule has 1 saturated carbocycles. The van der Waals surface area contributed by atoms with Gasteiger partial charge < -0.3 is 10.0 Å². The van der Waals surface area contributed by atoms with Gasteiger partial charge in [-0.25, -0.2) is 4.98 Å². The molecule has 2 unspecified atom stereocenters. The Kier molecular flexibility index (Phi) is 3.76. The van der Waals surface area contributed by atoms with Crippen LogP contribution in [0.15, 0.2) is 30.3 Å². The summed E-state index contributed by atoms with van der Waals surface area (Å²) in [6, 6.07) is 11.8. The number of nitrogens with zero attached hydrogens (tertiary/aromatic N) is 3. The predicted molar refractivity (Wildman–Crippen MR) is 83.1 cm³/mol. The fourth-order valence-corrected chi connectivity index (χ4v) is 3.15. The number of aliphatic hydroxyl groups excluding tert-OH is 1. The Hall–Kier alpha value is -2.12. The van der Waals surface area contributed by atoms with E-state index in [1.165, 1.54) is 0 Å². The van der Waals surface area contributed by atoms with E-state index in [0.29, 0.717) is 5.56 Å². The van der Waals surface area contributed by atoms with Crippen molar-refractivity contribution in [2.24, 2.45) is 0 Å². The summed E-state index contributed by atoms with van der Waals surface area (Å²) in [5, 5.41) is 20.4. The minimum Gasteiger partial charge on any atom is -0.391 e. The smallest absolute Gasteiger partial charge is 0.130 e. The zero-order valence-corrected chi connectivity index (χ0v) is 12.2. The first kappa shape index (κ1) is 13.8. The van der Waals surface area contributed by atoms with Gasteiger partial charge in [0.1, 0.15) is 5.82 Å². The van der Waals surface area contributed by atoms with E-state index in [2.05, 4.69) is 11.1 Å². The van der Waals surface area contributed by atoms with E-state index >= 15 is 0 Å². The van der Waals surface area contributed by atoms with Crippen molar-refractivity contribution >= 4 is 16.7 Å². The van der Waals surface area contributed by atoms with Gasteiger partial charge in [0.25, 0.3) is 0 Å². The lowest BCUT2D eigenvalue weighted by Gasteiger charge is -2.36. The molecular formula is C17H19N3O. The second kappa shape index (κ2) is 5.71. The number of likely N-dealkylation sites (N-methyl/N-ethyl adjacent to an activating group) is 1. The van der Waals surface area contributed by atoms with Gasteiger partial charge in [0.2, 0.25) is 0 Å². The molecule has 21 heavy (non-hydrogen) atoms. The number of benzene rings is 1. The average Bonchev–Trinajstić information content (AvgIpc) is 2.53. The van der Waals surface area contributed by atoms with Crippen molar-refractivity contribution in [3.63, 3.8) is 0 Å². The Morgan fingerprint density at radius 1 is 1.29 bits per heavy atom. The summed E-state index contributed by atoms with van der Waals surface area (Å²) >= 11 is 0. The number of pyridine rings is 1. The van der Waals surface area contributed by atoms with E-state index in [0.717, 1.165) is 42.4 Å². The molecular weight excluding hydrogens is 262 g/mol. The summed E-state index contributed by atoms with van der Waals surface area (Å²) < 4.78 is 0. The van der Waals surface area contributed by atoms with Gasteiger partial charge in [-0.1, -0.05) is 31.0 Å². The maximum Gasteiger partial charge on any atom is 0.130 e. The standard InChI is InChI=1S/C17H19N3O/c1-20(15-8-4-5-9-16(15)21)17-10-12(11-18)13-6-2-3-7-14(13)19-17/h2-3,6-7,10,15-16,21H,4-5,8-9H2,1H3. The number of anilines is 1. The molecule has 2 atom stereocenters. The number of nitriles is 1. The lowest BCUT2D eigenvalue weighted by atomic mass is 9.91. The van der Waals surface area contributed by atoms with Crippen LogP contribution in [-0.4, -0.2) is 29.3 Å². The first-order chi connectivity index (χ1) is 10.2. The number of rotatable bonds is 2. The number of para-hydroxylation sites is 1. The molecule has 108 valence electrons. The third-order valence-corrected chi connectivity index (χ3v) is 4.38. The molecule has 0 bridgehead atoms. The van der Waals surface area contributed by atoms with Crippen LogP contribution in [0.4, 0.5) is 5.82 Å². The van der Waals surface area contributed by atoms with Crippen molar-refractivity contribution in [3.05, 3.63) is 35.9 Å². The van der Waals surface area contributed by atoms with Crippen molar-refractivity contribution in [2.45, 2.75) is 37.8 Å². The lowest BCUT2D eigenvalue weighted by Crippen LogP contribution is -2.43. The molecule has 4 nitrogen and oxygen atoms in total. The van der Waals surface area contributed by atoms with Crippen LogP contribution in [0, 0.1) is 11.3 Å². The van der Waals surface area contributed by atoms with E-state index in [-0.39, 0.29) is 12.1 Å². The second-order valence-corrected chi connectivity index (χ2v) is 5.69. The number of hydrogen-bond donors (Lipinski definition) is 1. The fourth-order valence-electron chi connectivity index (χ4n) is 3.15. The first-order valence-electron chi connectivity index (χ1n) is 7.41. The highest BCUT2D eigenvalue weighted by molar-refractivity contribution is 5.86.